The van der Waals surface area contributed by atoms with Crippen LogP contribution in [0.15, 0.2) is 54.6 Å². The number of carbonyl (C=O) groups excluding carboxylic acids is 2. The molecule has 0 aliphatic carbocycles. The summed E-state index contributed by atoms with van der Waals surface area (Å²) in [5.74, 6) is -2.74. The Bertz CT molecular complexity index is 960. The van der Waals surface area contributed by atoms with Crippen molar-refractivity contribution >= 4 is 23.7 Å². The van der Waals surface area contributed by atoms with Gasteiger partial charge in [0.2, 0.25) is 5.91 Å². The lowest BCUT2D eigenvalue weighted by Gasteiger charge is -2.43. The summed E-state index contributed by atoms with van der Waals surface area (Å²) < 4.78 is 0. The number of aliphatic carboxylic acids is 1. The van der Waals surface area contributed by atoms with Crippen LogP contribution in [0.25, 0.3) is 0 Å². The summed E-state index contributed by atoms with van der Waals surface area (Å²) in [4.78, 5) is 37.7. The van der Waals surface area contributed by atoms with Crippen LogP contribution in [0, 0.1) is 11.3 Å². The molecule has 2 aromatic rings. The van der Waals surface area contributed by atoms with Crippen LogP contribution in [0.2, 0.25) is 0 Å². The van der Waals surface area contributed by atoms with Gasteiger partial charge in [-0.15, -0.1) is 0 Å². The molecule has 3 rings (SSSR count). The van der Waals surface area contributed by atoms with Gasteiger partial charge in [-0.3, -0.25) is 10.2 Å². The highest BCUT2D eigenvalue weighted by Crippen LogP contribution is 2.31. The Morgan fingerprint density at radius 1 is 1.21 bits per heavy atom. The van der Waals surface area contributed by atoms with Crippen molar-refractivity contribution < 1.29 is 19.5 Å². The molecule has 3 amide bonds. The molecule has 29 heavy (non-hydrogen) atoms. The van der Waals surface area contributed by atoms with E-state index in [0.717, 1.165) is 10.5 Å². The maximum Gasteiger partial charge on any atom is 0.327 e. The molecule has 1 heterocycles. The van der Waals surface area contributed by atoms with Crippen molar-refractivity contribution in [3.8, 4) is 0 Å². The second kappa shape index (κ2) is 8.14. The summed E-state index contributed by atoms with van der Waals surface area (Å²) in [5, 5.41) is 19.8. The number of carboxylic acid groups (broad SMARTS) is 1. The number of urea groups is 1. The molecule has 150 valence electrons. The number of amides is 3. The highest BCUT2D eigenvalue weighted by molar-refractivity contribution is 6.07. The quantitative estimate of drug-likeness (QED) is 0.337. The van der Waals surface area contributed by atoms with Crippen LogP contribution >= 0.6 is 0 Å². The number of carbonyl (C=O) groups is 3. The first kappa shape index (κ1) is 20.1. The van der Waals surface area contributed by atoms with Gasteiger partial charge >= 0.3 is 12.0 Å². The minimum Gasteiger partial charge on any atom is -0.480 e. The number of benzene rings is 2. The molecule has 5 N–H and O–H groups in total. The third-order valence-electron chi connectivity index (χ3n) is 5.02. The van der Waals surface area contributed by atoms with Crippen molar-refractivity contribution in [3.63, 3.8) is 0 Å². The van der Waals surface area contributed by atoms with Gasteiger partial charge in [-0.25, -0.2) is 14.5 Å². The number of carboxylic acids is 1. The SMILES string of the molecule is CC(NC(=O)N1C(=O)C(Cc2cccc(C(=N)N)c2)C1C(=O)O)c1ccccc1. The fourth-order valence-corrected chi connectivity index (χ4v) is 3.46. The smallest absolute Gasteiger partial charge is 0.327 e. The molecule has 0 radical (unpaired) electrons. The van der Waals surface area contributed by atoms with Crippen LogP contribution in [-0.2, 0) is 16.0 Å². The zero-order chi connectivity index (χ0) is 21.1. The zero-order valence-electron chi connectivity index (χ0n) is 15.8. The molecule has 1 fully saturated rings. The molecule has 1 saturated heterocycles. The first-order valence-electron chi connectivity index (χ1n) is 9.14. The van der Waals surface area contributed by atoms with E-state index in [9.17, 15) is 19.5 Å². The van der Waals surface area contributed by atoms with Crippen molar-refractivity contribution in [2.75, 3.05) is 0 Å². The number of nitrogen functional groups attached to an aromatic ring is 1. The lowest BCUT2D eigenvalue weighted by atomic mass is 9.82. The summed E-state index contributed by atoms with van der Waals surface area (Å²) in [5.41, 5.74) is 7.50. The van der Waals surface area contributed by atoms with E-state index in [4.69, 9.17) is 11.1 Å². The number of nitrogens with one attached hydrogen (secondary N) is 2. The molecule has 0 saturated carbocycles. The highest BCUT2D eigenvalue weighted by Gasteiger charge is 2.54. The van der Waals surface area contributed by atoms with Gasteiger partial charge in [0.25, 0.3) is 0 Å². The molecule has 0 bridgehead atoms. The topological polar surface area (TPSA) is 137 Å². The molecule has 8 nitrogen and oxygen atoms in total. The molecule has 8 heteroatoms. The van der Waals surface area contributed by atoms with Crippen molar-refractivity contribution in [2.24, 2.45) is 11.7 Å². The number of hydrogen-bond acceptors (Lipinski definition) is 4. The third kappa shape index (κ3) is 4.11. The second-order valence-corrected chi connectivity index (χ2v) is 7.00. The minimum absolute atomic E-state index is 0.113. The van der Waals surface area contributed by atoms with E-state index in [-0.39, 0.29) is 18.3 Å². The Kier molecular flexibility index (Phi) is 5.63. The molecule has 0 aromatic heterocycles. The fraction of sp³-hybridized carbons (Fsp3) is 0.238. The number of nitrogens with two attached hydrogens (primary N) is 1. The molecule has 2 aromatic carbocycles. The maximum absolute atomic E-state index is 12.6. The Morgan fingerprint density at radius 2 is 1.90 bits per heavy atom. The van der Waals surface area contributed by atoms with Gasteiger partial charge in [-0.05, 0) is 30.5 Å². The highest BCUT2D eigenvalue weighted by atomic mass is 16.4. The molecular formula is C21H22N4O4. The summed E-state index contributed by atoms with van der Waals surface area (Å²) in [6.07, 6.45) is 0.148. The van der Waals surface area contributed by atoms with E-state index < -0.39 is 29.9 Å². The van der Waals surface area contributed by atoms with Gasteiger partial charge in [0, 0.05) is 5.56 Å². The Labute approximate surface area is 167 Å². The Balaban J connectivity index is 1.72. The lowest BCUT2D eigenvalue weighted by Crippen LogP contribution is -2.68. The lowest BCUT2D eigenvalue weighted by molar-refractivity contribution is -0.165. The number of rotatable bonds is 6. The summed E-state index contributed by atoms with van der Waals surface area (Å²) in [7, 11) is 0. The Hall–Kier alpha value is -3.68. The van der Waals surface area contributed by atoms with Crippen molar-refractivity contribution in [3.05, 3.63) is 71.3 Å². The minimum atomic E-state index is -1.24. The Morgan fingerprint density at radius 3 is 2.52 bits per heavy atom. The maximum atomic E-state index is 12.6. The van der Waals surface area contributed by atoms with Crippen molar-refractivity contribution in [1.29, 1.82) is 5.41 Å². The van der Waals surface area contributed by atoms with Crippen LogP contribution in [0.4, 0.5) is 4.79 Å². The molecule has 3 unspecified atom stereocenters. The van der Waals surface area contributed by atoms with Crippen LogP contribution in [0.3, 0.4) is 0 Å². The zero-order valence-corrected chi connectivity index (χ0v) is 15.8. The summed E-state index contributed by atoms with van der Waals surface area (Å²) in [6.45, 7) is 1.76. The first-order chi connectivity index (χ1) is 13.8. The number of β-lactam (4-membered cyclic amide) rings is 1. The van der Waals surface area contributed by atoms with Crippen LogP contribution < -0.4 is 11.1 Å². The molecule has 3 atom stereocenters. The normalized spacial score (nSPS) is 19.2. The van der Waals surface area contributed by atoms with Gasteiger partial charge in [0.1, 0.15) is 5.84 Å². The standard InChI is InChI=1S/C21H22N4O4/c1-12(14-7-3-2-4-8-14)24-21(29)25-17(20(27)28)16(19(25)26)11-13-6-5-9-15(10-13)18(22)23/h2-10,12,16-17H,11H2,1H3,(H3,22,23)(H,24,29)(H,27,28). The number of nitrogens with zero attached hydrogens (tertiary/aromatic N) is 1. The largest absolute Gasteiger partial charge is 0.480 e. The summed E-state index contributed by atoms with van der Waals surface area (Å²) >= 11 is 0. The molecule has 0 spiro atoms. The van der Waals surface area contributed by atoms with Crippen molar-refractivity contribution in [1.82, 2.24) is 10.2 Å². The molecule has 1 aliphatic heterocycles. The van der Waals surface area contributed by atoms with Gasteiger partial charge in [0.05, 0.1) is 12.0 Å². The van der Waals surface area contributed by atoms with Crippen LogP contribution in [0.5, 0.6) is 0 Å². The van der Waals surface area contributed by atoms with E-state index >= 15 is 0 Å². The third-order valence-corrected chi connectivity index (χ3v) is 5.02. The van der Waals surface area contributed by atoms with Crippen LogP contribution in [0.1, 0.15) is 29.7 Å². The van der Waals surface area contributed by atoms with E-state index in [1.54, 1.807) is 31.2 Å². The number of likely N-dealkylation sites (tertiary alicyclic amines) is 1. The van der Waals surface area contributed by atoms with E-state index in [2.05, 4.69) is 5.32 Å². The van der Waals surface area contributed by atoms with Gasteiger partial charge in [-0.2, -0.15) is 0 Å². The number of hydrogen-bond donors (Lipinski definition) is 4. The average Bonchev–Trinajstić information content (AvgIpc) is 2.70. The van der Waals surface area contributed by atoms with Crippen LogP contribution in [-0.4, -0.2) is 39.8 Å². The molecule has 1 aliphatic rings. The van der Waals surface area contributed by atoms with Gasteiger partial charge in [-0.1, -0.05) is 48.5 Å². The van der Waals surface area contributed by atoms with Crippen molar-refractivity contribution in [2.45, 2.75) is 25.4 Å². The summed E-state index contributed by atoms with van der Waals surface area (Å²) in [6, 6.07) is 13.6. The number of amidine groups is 1. The number of imide groups is 1. The first-order valence-corrected chi connectivity index (χ1v) is 9.14. The van der Waals surface area contributed by atoms with E-state index in [1.807, 2.05) is 30.3 Å². The van der Waals surface area contributed by atoms with E-state index in [0.29, 0.717) is 11.1 Å². The fourth-order valence-electron chi connectivity index (χ4n) is 3.46. The molecular weight excluding hydrogens is 372 g/mol. The monoisotopic (exact) mass is 394 g/mol. The second-order valence-electron chi connectivity index (χ2n) is 7.00. The average molecular weight is 394 g/mol. The van der Waals surface area contributed by atoms with E-state index in [1.165, 1.54) is 0 Å². The van der Waals surface area contributed by atoms with Gasteiger partial charge in [0.15, 0.2) is 6.04 Å². The van der Waals surface area contributed by atoms with Gasteiger partial charge < -0.3 is 16.2 Å². The predicted octanol–water partition coefficient (Wildman–Crippen LogP) is 1.90. The predicted molar refractivity (Wildman–Crippen MR) is 106 cm³/mol.